The zero-order valence-electron chi connectivity index (χ0n) is 13.0. The van der Waals surface area contributed by atoms with Crippen LogP contribution in [0.25, 0.3) is 11.0 Å². The van der Waals surface area contributed by atoms with Crippen molar-refractivity contribution in [1.29, 1.82) is 0 Å². The molecule has 0 unspecified atom stereocenters. The highest BCUT2D eigenvalue weighted by molar-refractivity contribution is 5.82. The van der Waals surface area contributed by atoms with Gasteiger partial charge >= 0.3 is 5.63 Å². The number of fused-ring (bicyclic) bond motifs is 1. The van der Waals surface area contributed by atoms with E-state index >= 15 is 0 Å². The Bertz CT molecular complexity index is 909. The molecule has 3 rings (SSSR count). The Hall–Kier alpha value is -2.63. The monoisotopic (exact) mass is 299 g/mol. The van der Waals surface area contributed by atoms with E-state index in [0.717, 1.165) is 16.8 Å². The summed E-state index contributed by atoms with van der Waals surface area (Å²) in [5.74, 6) is 2.07. The molecule has 6 heteroatoms. The molecule has 0 saturated heterocycles. The highest BCUT2D eigenvalue weighted by Crippen LogP contribution is 2.24. The van der Waals surface area contributed by atoms with Crippen LogP contribution in [-0.2, 0) is 13.7 Å². The molecule has 3 aromatic rings. The second-order valence-electron chi connectivity index (χ2n) is 5.29. The number of aryl methyl sites for hydroxylation is 3. The molecule has 0 aliphatic heterocycles. The molecule has 0 spiro atoms. The van der Waals surface area contributed by atoms with Gasteiger partial charge in [-0.15, -0.1) is 0 Å². The Morgan fingerprint density at radius 2 is 2.00 bits per heavy atom. The molecule has 114 valence electrons. The van der Waals surface area contributed by atoms with Gasteiger partial charge in [-0.1, -0.05) is 0 Å². The van der Waals surface area contributed by atoms with Gasteiger partial charge in [0.2, 0.25) is 0 Å². The van der Waals surface area contributed by atoms with E-state index in [2.05, 4.69) is 10.1 Å². The van der Waals surface area contributed by atoms with Crippen LogP contribution in [0.1, 0.15) is 22.8 Å². The molecule has 0 N–H and O–H groups in total. The minimum absolute atomic E-state index is 0.303. The molecular formula is C16H17N3O3. The van der Waals surface area contributed by atoms with Gasteiger partial charge in [0, 0.05) is 24.1 Å². The van der Waals surface area contributed by atoms with Gasteiger partial charge in [0.25, 0.3) is 0 Å². The zero-order chi connectivity index (χ0) is 15.9. The summed E-state index contributed by atoms with van der Waals surface area (Å²) in [4.78, 5) is 16.0. The highest BCUT2D eigenvalue weighted by Gasteiger charge is 2.09. The number of ether oxygens (including phenoxy) is 1. The molecule has 0 amide bonds. The lowest BCUT2D eigenvalue weighted by Crippen LogP contribution is -2.06. The first-order valence-corrected chi connectivity index (χ1v) is 6.99. The van der Waals surface area contributed by atoms with Gasteiger partial charge < -0.3 is 9.15 Å². The van der Waals surface area contributed by atoms with E-state index in [1.165, 1.54) is 0 Å². The summed E-state index contributed by atoms with van der Waals surface area (Å²) in [5, 5.41) is 5.09. The van der Waals surface area contributed by atoms with Gasteiger partial charge in [0.05, 0.1) is 0 Å². The van der Waals surface area contributed by atoms with Crippen molar-refractivity contribution in [2.45, 2.75) is 27.4 Å². The maximum absolute atomic E-state index is 11.8. The molecule has 6 nitrogen and oxygen atoms in total. The third kappa shape index (κ3) is 2.47. The number of benzene rings is 1. The van der Waals surface area contributed by atoms with Gasteiger partial charge in [-0.05, 0) is 38.5 Å². The summed E-state index contributed by atoms with van der Waals surface area (Å²) in [6.45, 7) is 5.82. The topological polar surface area (TPSA) is 70.2 Å². The standard InChI is InChI=1S/C16H17N3O3/c1-9-10(2)16(20)22-14-7-12(5-6-13(9)14)21-8-15-17-11(3)18-19(15)4/h5-7H,8H2,1-4H3. The number of rotatable bonds is 3. The van der Waals surface area contributed by atoms with Crippen molar-refractivity contribution in [1.82, 2.24) is 14.8 Å². The Balaban J connectivity index is 1.91. The van der Waals surface area contributed by atoms with Crippen molar-refractivity contribution in [3.05, 3.63) is 51.4 Å². The van der Waals surface area contributed by atoms with Gasteiger partial charge in [0.1, 0.15) is 23.8 Å². The maximum Gasteiger partial charge on any atom is 0.339 e. The molecule has 0 saturated carbocycles. The molecule has 2 heterocycles. The van der Waals surface area contributed by atoms with E-state index in [1.54, 1.807) is 17.7 Å². The molecule has 1 aromatic carbocycles. The third-order valence-electron chi connectivity index (χ3n) is 3.76. The first kappa shape index (κ1) is 14.3. The number of nitrogens with zero attached hydrogens (tertiary/aromatic N) is 3. The van der Waals surface area contributed by atoms with Crippen molar-refractivity contribution in [2.75, 3.05) is 0 Å². The van der Waals surface area contributed by atoms with E-state index in [1.807, 2.05) is 33.0 Å². The predicted octanol–water partition coefficient (Wildman–Crippen LogP) is 2.43. The summed E-state index contributed by atoms with van der Waals surface area (Å²) >= 11 is 0. The third-order valence-corrected chi connectivity index (χ3v) is 3.76. The summed E-state index contributed by atoms with van der Waals surface area (Å²) in [7, 11) is 1.82. The van der Waals surface area contributed by atoms with Gasteiger partial charge in [0.15, 0.2) is 5.82 Å². The highest BCUT2D eigenvalue weighted by atomic mass is 16.5. The summed E-state index contributed by atoms with van der Waals surface area (Å²) in [6.07, 6.45) is 0. The minimum atomic E-state index is -0.314. The van der Waals surface area contributed by atoms with Crippen LogP contribution in [0.5, 0.6) is 5.75 Å². The van der Waals surface area contributed by atoms with Crippen LogP contribution in [0.3, 0.4) is 0 Å². The Labute approximate surface area is 127 Å². The Morgan fingerprint density at radius 1 is 1.23 bits per heavy atom. The molecular weight excluding hydrogens is 282 g/mol. The second kappa shape index (κ2) is 5.29. The first-order chi connectivity index (χ1) is 10.5. The second-order valence-corrected chi connectivity index (χ2v) is 5.29. The molecule has 0 radical (unpaired) electrons. The Morgan fingerprint density at radius 3 is 2.68 bits per heavy atom. The average molecular weight is 299 g/mol. The van der Waals surface area contributed by atoms with Crippen LogP contribution in [0, 0.1) is 20.8 Å². The smallest absolute Gasteiger partial charge is 0.339 e. The molecule has 0 bridgehead atoms. The SMILES string of the molecule is Cc1nc(COc2ccc3c(C)c(C)c(=O)oc3c2)n(C)n1. The van der Waals surface area contributed by atoms with Gasteiger partial charge in [-0.3, -0.25) is 0 Å². The number of aromatic nitrogens is 3. The lowest BCUT2D eigenvalue weighted by Gasteiger charge is -2.08. The normalized spacial score (nSPS) is 11.1. The molecule has 22 heavy (non-hydrogen) atoms. The zero-order valence-corrected chi connectivity index (χ0v) is 13.0. The molecule has 0 atom stereocenters. The molecule has 2 aromatic heterocycles. The van der Waals surface area contributed by atoms with Gasteiger partial charge in [-0.2, -0.15) is 5.10 Å². The van der Waals surface area contributed by atoms with E-state index in [9.17, 15) is 4.79 Å². The largest absolute Gasteiger partial charge is 0.485 e. The summed E-state index contributed by atoms with van der Waals surface area (Å²) in [5.41, 5.74) is 1.78. The van der Waals surface area contributed by atoms with Crippen LogP contribution in [0.4, 0.5) is 0 Å². The van der Waals surface area contributed by atoms with Crippen molar-refractivity contribution in [3.63, 3.8) is 0 Å². The molecule has 0 fully saturated rings. The van der Waals surface area contributed by atoms with Crippen LogP contribution in [-0.4, -0.2) is 14.8 Å². The minimum Gasteiger partial charge on any atom is -0.485 e. The summed E-state index contributed by atoms with van der Waals surface area (Å²) in [6, 6.07) is 5.49. The number of hydrogen-bond acceptors (Lipinski definition) is 5. The van der Waals surface area contributed by atoms with E-state index in [4.69, 9.17) is 9.15 Å². The van der Waals surface area contributed by atoms with Crippen molar-refractivity contribution < 1.29 is 9.15 Å². The fourth-order valence-electron chi connectivity index (χ4n) is 2.35. The van der Waals surface area contributed by atoms with Crippen molar-refractivity contribution in [3.8, 4) is 5.75 Å². The Kier molecular flexibility index (Phi) is 3.44. The lowest BCUT2D eigenvalue weighted by atomic mass is 10.1. The van der Waals surface area contributed by atoms with E-state index < -0.39 is 0 Å². The summed E-state index contributed by atoms with van der Waals surface area (Å²) < 4.78 is 12.7. The first-order valence-electron chi connectivity index (χ1n) is 6.99. The van der Waals surface area contributed by atoms with Crippen LogP contribution < -0.4 is 10.4 Å². The van der Waals surface area contributed by atoms with E-state index in [0.29, 0.717) is 29.3 Å². The van der Waals surface area contributed by atoms with Crippen LogP contribution in [0.2, 0.25) is 0 Å². The fraction of sp³-hybridized carbons (Fsp3) is 0.312. The van der Waals surface area contributed by atoms with Gasteiger partial charge in [-0.25, -0.2) is 14.5 Å². The molecule has 0 aliphatic rings. The van der Waals surface area contributed by atoms with Crippen molar-refractivity contribution >= 4 is 11.0 Å². The van der Waals surface area contributed by atoms with Crippen LogP contribution >= 0.6 is 0 Å². The van der Waals surface area contributed by atoms with E-state index in [-0.39, 0.29) is 5.63 Å². The number of hydrogen-bond donors (Lipinski definition) is 0. The maximum atomic E-state index is 11.8. The quantitative estimate of drug-likeness (QED) is 0.695. The predicted molar refractivity (Wildman–Crippen MR) is 82.0 cm³/mol. The van der Waals surface area contributed by atoms with Crippen LogP contribution in [0.15, 0.2) is 27.4 Å². The fourth-order valence-corrected chi connectivity index (χ4v) is 2.35. The lowest BCUT2D eigenvalue weighted by molar-refractivity contribution is 0.289. The average Bonchev–Trinajstić information content (AvgIpc) is 2.80. The molecule has 0 aliphatic carbocycles. The van der Waals surface area contributed by atoms with Crippen molar-refractivity contribution in [2.24, 2.45) is 7.05 Å².